The molecule has 0 aliphatic rings. The van der Waals surface area contributed by atoms with E-state index in [0.717, 1.165) is 17.7 Å². The summed E-state index contributed by atoms with van der Waals surface area (Å²) in [5.41, 5.74) is 1.56. The Balaban J connectivity index is 2.14. The van der Waals surface area contributed by atoms with Crippen molar-refractivity contribution in [2.45, 2.75) is 25.3 Å². The number of esters is 1. The van der Waals surface area contributed by atoms with Gasteiger partial charge in [-0.2, -0.15) is 0 Å². The summed E-state index contributed by atoms with van der Waals surface area (Å²) in [5, 5.41) is 11.0. The van der Waals surface area contributed by atoms with Gasteiger partial charge in [0, 0.05) is 12.1 Å². The molecule has 0 aliphatic heterocycles. The number of nitro groups is 1. The monoisotopic (exact) mass is 454 g/mol. The van der Waals surface area contributed by atoms with E-state index < -0.39 is 20.9 Å². The van der Waals surface area contributed by atoms with Gasteiger partial charge in [0.15, 0.2) is 0 Å². The number of nitro benzene ring substituents is 1. The SMILES string of the molecule is CCOC(=O)c1cccc(N(Cc2ccccc2)S(=O)(=O)c2ccc([N+](=O)[O-])cc2)c1C. The molecule has 0 bridgehead atoms. The highest BCUT2D eigenvalue weighted by atomic mass is 32.2. The van der Waals surface area contributed by atoms with Gasteiger partial charge >= 0.3 is 5.97 Å². The van der Waals surface area contributed by atoms with Crippen LogP contribution in [0.3, 0.4) is 0 Å². The van der Waals surface area contributed by atoms with Crippen LogP contribution in [-0.2, 0) is 21.3 Å². The molecule has 0 fully saturated rings. The van der Waals surface area contributed by atoms with Crippen LogP contribution in [0.2, 0.25) is 0 Å². The van der Waals surface area contributed by atoms with Gasteiger partial charge in [-0.15, -0.1) is 0 Å². The molecule has 0 N–H and O–H groups in total. The Labute approximate surface area is 186 Å². The number of rotatable bonds is 8. The van der Waals surface area contributed by atoms with Gasteiger partial charge in [-0.25, -0.2) is 13.2 Å². The summed E-state index contributed by atoms with van der Waals surface area (Å²) < 4.78 is 33.5. The van der Waals surface area contributed by atoms with Gasteiger partial charge in [-0.05, 0) is 49.2 Å². The Morgan fingerprint density at radius 1 is 1.00 bits per heavy atom. The summed E-state index contributed by atoms with van der Waals surface area (Å²) in [4.78, 5) is 22.6. The molecule has 0 saturated heterocycles. The molecular formula is C23H22N2O6S. The van der Waals surface area contributed by atoms with E-state index in [1.165, 1.54) is 16.4 Å². The molecule has 3 rings (SSSR count). The molecule has 166 valence electrons. The van der Waals surface area contributed by atoms with Crippen LogP contribution in [0.4, 0.5) is 11.4 Å². The normalized spacial score (nSPS) is 11.1. The van der Waals surface area contributed by atoms with E-state index in [4.69, 9.17) is 4.74 Å². The predicted molar refractivity (Wildman–Crippen MR) is 120 cm³/mol. The highest BCUT2D eigenvalue weighted by molar-refractivity contribution is 7.92. The van der Waals surface area contributed by atoms with Gasteiger partial charge in [0.05, 0.1) is 34.2 Å². The van der Waals surface area contributed by atoms with Crippen LogP contribution in [0.25, 0.3) is 0 Å². The van der Waals surface area contributed by atoms with Gasteiger partial charge in [-0.3, -0.25) is 14.4 Å². The molecule has 0 radical (unpaired) electrons. The van der Waals surface area contributed by atoms with E-state index in [2.05, 4.69) is 0 Å². The molecule has 0 aliphatic carbocycles. The van der Waals surface area contributed by atoms with Crippen LogP contribution >= 0.6 is 0 Å². The van der Waals surface area contributed by atoms with Gasteiger partial charge in [0.25, 0.3) is 15.7 Å². The van der Waals surface area contributed by atoms with Crippen molar-refractivity contribution < 1.29 is 22.9 Å². The molecule has 0 saturated carbocycles. The average molecular weight is 455 g/mol. The number of nitrogens with zero attached hydrogens (tertiary/aromatic N) is 2. The first-order chi connectivity index (χ1) is 15.3. The second-order valence-electron chi connectivity index (χ2n) is 6.92. The number of hydrogen-bond acceptors (Lipinski definition) is 6. The Hall–Kier alpha value is -3.72. The topological polar surface area (TPSA) is 107 Å². The number of hydrogen-bond donors (Lipinski definition) is 0. The molecule has 0 amide bonds. The van der Waals surface area contributed by atoms with Crippen LogP contribution in [0.15, 0.2) is 77.7 Å². The number of carbonyl (C=O) groups is 1. The first kappa shape index (κ1) is 23.0. The van der Waals surface area contributed by atoms with E-state index in [-0.39, 0.29) is 29.3 Å². The standard InChI is InChI=1S/C23H22N2O6S/c1-3-31-23(26)21-10-7-11-22(17(21)2)24(16-18-8-5-4-6-9-18)32(29,30)20-14-12-19(13-15-20)25(27)28/h4-15H,3,16H2,1-2H3. The molecule has 8 nitrogen and oxygen atoms in total. The van der Waals surface area contributed by atoms with Gasteiger partial charge in [0.1, 0.15) is 0 Å². The highest BCUT2D eigenvalue weighted by Crippen LogP contribution is 2.31. The van der Waals surface area contributed by atoms with Crippen molar-refractivity contribution in [2.24, 2.45) is 0 Å². The molecule has 32 heavy (non-hydrogen) atoms. The maximum absolute atomic E-state index is 13.6. The third-order valence-electron chi connectivity index (χ3n) is 4.87. The Bertz CT molecular complexity index is 1230. The molecule has 9 heteroatoms. The van der Waals surface area contributed by atoms with Crippen LogP contribution in [-0.4, -0.2) is 25.9 Å². The summed E-state index contributed by atoms with van der Waals surface area (Å²) in [6.07, 6.45) is 0. The summed E-state index contributed by atoms with van der Waals surface area (Å²) in [7, 11) is -4.11. The second kappa shape index (κ2) is 9.61. The van der Waals surface area contributed by atoms with Gasteiger partial charge < -0.3 is 4.74 Å². The average Bonchev–Trinajstić information content (AvgIpc) is 2.78. The lowest BCUT2D eigenvalue weighted by molar-refractivity contribution is -0.384. The zero-order valence-electron chi connectivity index (χ0n) is 17.6. The molecule has 3 aromatic rings. The lowest BCUT2D eigenvalue weighted by Crippen LogP contribution is -2.31. The molecule has 0 aromatic heterocycles. The third-order valence-corrected chi connectivity index (χ3v) is 6.65. The number of benzene rings is 3. The van der Waals surface area contributed by atoms with Crippen molar-refractivity contribution in [2.75, 3.05) is 10.9 Å². The van der Waals surface area contributed by atoms with Crippen LogP contribution in [0.5, 0.6) is 0 Å². The number of anilines is 1. The first-order valence-electron chi connectivity index (χ1n) is 9.83. The van der Waals surface area contributed by atoms with E-state index in [0.29, 0.717) is 11.3 Å². The smallest absolute Gasteiger partial charge is 0.338 e. The number of carbonyl (C=O) groups excluding carboxylic acids is 1. The van der Waals surface area contributed by atoms with Crippen LogP contribution in [0, 0.1) is 17.0 Å². The van der Waals surface area contributed by atoms with E-state index in [1.54, 1.807) is 56.3 Å². The fraction of sp³-hybridized carbons (Fsp3) is 0.174. The zero-order chi connectivity index (χ0) is 23.3. The second-order valence-corrected chi connectivity index (χ2v) is 8.78. The Morgan fingerprint density at radius 2 is 1.66 bits per heavy atom. The number of ether oxygens (including phenoxy) is 1. The van der Waals surface area contributed by atoms with Crippen LogP contribution in [0.1, 0.15) is 28.4 Å². The van der Waals surface area contributed by atoms with Crippen molar-refractivity contribution >= 4 is 27.4 Å². The number of non-ortho nitro benzene ring substituents is 1. The Morgan fingerprint density at radius 3 is 2.25 bits per heavy atom. The summed E-state index contributed by atoms with van der Waals surface area (Å²) >= 11 is 0. The quantitative estimate of drug-likeness (QED) is 0.282. The van der Waals surface area contributed by atoms with Crippen molar-refractivity contribution in [3.05, 3.63) is 99.6 Å². The fourth-order valence-electron chi connectivity index (χ4n) is 3.24. The van der Waals surface area contributed by atoms with Crippen molar-refractivity contribution in [3.63, 3.8) is 0 Å². The first-order valence-corrected chi connectivity index (χ1v) is 11.3. The lowest BCUT2D eigenvalue weighted by Gasteiger charge is -2.27. The maximum Gasteiger partial charge on any atom is 0.338 e. The Kier molecular flexibility index (Phi) is 6.89. The molecule has 0 heterocycles. The van der Waals surface area contributed by atoms with Gasteiger partial charge in [0.2, 0.25) is 0 Å². The van der Waals surface area contributed by atoms with E-state index in [9.17, 15) is 23.3 Å². The minimum atomic E-state index is -4.11. The van der Waals surface area contributed by atoms with E-state index >= 15 is 0 Å². The summed E-state index contributed by atoms with van der Waals surface area (Å²) in [6, 6.07) is 18.5. The molecule has 3 aromatic carbocycles. The largest absolute Gasteiger partial charge is 0.462 e. The molecular weight excluding hydrogens is 432 g/mol. The zero-order valence-corrected chi connectivity index (χ0v) is 18.4. The minimum absolute atomic E-state index is 0.00722. The molecule has 0 spiro atoms. The lowest BCUT2D eigenvalue weighted by atomic mass is 10.1. The van der Waals surface area contributed by atoms with Crippen molar-refractivity contribution in [1.82, 2.24) is 0 Å². The molecule has 0 atom stereocenters. The van der Waals surface area contributed by atoms with Crippen molar-refractivity contribution in [1.29, 1.82) is 0 Å². The molecule has 0 unspecified atom stereocenters. The van der Waals surface area contributed by atoms with Crippen LogP contribution < -0.4 is 4.31 Å². The predicted octanol–water partition coefficient (Wildman–Crippen LogP) is 4.48. The maximum atomic E-state index is 13.6. The fourth-order valence-corrected chi connectivity index (χ4v) is 4.75. The summed E-state index contributed by atoms with van der Waals surface area (Å²) in [6.45, 7) is 3.55. The minimum Gasteiger partial charge on any atom is -0.462 e. The van der Waals surface area contributed by atoms with E-state index in [1.807, 2.05) is 6.07 Å². The number of sulfonamides is 1. The summed E-state index contributed by atoms with van der Waals surface area (Å²) in [5.74, 6) is -0.542. The van der Waals surface area contributed by atoms with Crippen molar-refractivity contribution in [3.8, 4) is 0 Å². The third kappa shape index (κ3) is 4.78. The highest BCUT2D eigenvalue weighted by Gasteiger charge is 2.28. The van der Waals surface area contributed by atoms with Gasteiger partial charge in [-0.1, -0.05) is 36.4 Å².